The first kappa shape index (κ1) is 18.9. The number of anilines is 2. The van der Waals surface area contributed by atoms with Crippen LogP contribution < -0.4 is 10.2 Å². The Morgan fingerprint density at radius 1 is 1.17 bits per heavy atom. The summed E-state index contributed by atoms with van der Waals surface area (Å²) in [5.74, 6) is 0.785. The lowest BCUT2D eigenvalue weighted by Crippen LogP contribution is -2.48. The number of halogens is 2. The third-order valence-electron chi connectivity index (χ3n) is 5.16. The molecule has 0 amide bonds. The number of piperidine rings is 1. The summed E-state index contributed by atoms with van der Waals surface area (Å²) in [4.78, 5) is 10.8. The van der Waals surface area contributed by atoms with Gasteiger partial charge in [-0.2, -0.15) is 9.36 Å². The van der Waals surface area contributed by atoms with Crippen molar-refractivity contribution in [2.24, 2.45) is 0 Å². The average molecular weight is 427 g/mol. The predicted molar refractivity (Wildman–Crippen MR) is 112 cm³/mol. The lowest BCUT2D eigenvalue weighted by atomic mass is 10.0. The summed E-state index contributed by atoms with van der Waals surface area (Å²) in [7, 11) is 0. The van der Waals surface area contributed by atoms with Gasteiger partial charge in [0.1, 0.15) is 17.8 Å². The molecule has 0 bridgehead atoms. The summed E-state index contributed by atoms with van der Waals surface area (Å²) in [6, 6.07) is 9.60. The molecule has 1 aromatic carbocycles. The zero-order chi connectivity index (χ0) is 20.7. The maximum atomic E-state index is 14.9. The third-order valence-corrected chi connectivity index (χ3v) is 6.03. The van der Waals surface area contributed by atoms with Crippen molar-refractivity contribution in [2.75, 3.05) is 23.3 Å². The van der Waals surface area contributed by atoms with E-state index in [9.17, 15) is 8.78 Å². The van der Waals surface area contributed by atoms with Crippen molar-refractivity contribution >= 4 is 28.3 Å². The Morgan fingerprint density at radius 2 is 2.00 bits per heavy atom. The molecule has 1 N–H and O–H groups in total. The van der Waals surface area contributed by atoms with Crippen LogP contribution in [0.2, 0.25) is 0 Å². The fourth-order valence-corrected chi connectivity index (χ4v) is 4.35. The molecule has 0 spiro atoms. The molecule has 0 saturated carbocycles. The first-order valence-corrected chi connectivity index (χ1v) is 10.4. The van der Waals surface area contributed by atoms with Crippen molar-refractivity contribution in [1.82, 2.24) is 24.0 Å². The Kier molecular flexibility index (Phi) is 4.78. The number of hydrogen-bond acceptors (Lipinski definition) is 7. The van der Waals surface area contributed by atoms with Crippen molar-refractivity contribution in [3.05, 3.63) is 54.2 Å². The number of aryl methyl sites for hydroxylation is 1. The zero-order valence-corrected chi connectivity index (χ0v) is 17.0. The van der Waals surface area contributed by atoms with Crippen LogP contribution in [0.15, 0.2) is 42.6 Å². The standard InChI is InChI=1S/C20H19F2N7S/c1-12-23-20(30-27-12)28-10-8-17(16(22)11-28)24-19-25-18-15(3-2-9-29(18)26-19)13-4-6-14(21)7-5-13/h2-7,9,16-17H,8,10-11H2,1H3,(H,24,26)/t16-,17+/m0/s1. The SMILES string of the molecule is Cc1nsc(N2CC[C@@H](Nc3nc4c(-c5ccc(F)cc5)cccn4n3)[C@@H](F)C2)n1. The molecule has 1 fully saturated rings. The highest BCUT2D eigenvalue weighted by Crippen LogP contribution is 2.27. The Bertz CT molecular complexity index is 1170. The summed E-state index contributed by atoms with van der Waals surface area (Å²) < 4.78 is 34.0. The van der Waals surface area contributed by atoms with E-state index in [2.05, 4.69) is 24.8 Å². The second-order valence-electron chi connectivity index (χ2n) is 7.26. The fourth-order valence-electron chi connectivity index (χ4n) is 3.64. The molecule has 154 valence electrons. The van der Waals surface area contributed by atoms with Crippen LogP contribution in [0.5, 0.6) is 0 Å². The third kappa shape index (κ3) is 3.58. The number of rotatable bonds is 4. The molecule has 4 heterocycles. The van der Waals surface area contributed by atoms with Gasteiger partial charge in [-0.15, -0.1) is 5.10 Å². The first-order valence-electron chi connectivity index (χ1n) is 9.64. The van der Waals surface area contributed by atoms with Crippen molar-refractivity contribution in [3.8, 4) is 11.1 Å². The van der Waals surface area contributed by atoms with E-state index >= 15 is 0 Å². The monoisotopic (exact) mass is 427 g/mol. The smallest absolute Gasteiger partial charge is 0.243 e. The van der Waals surface area contributed by atoms with Gasteiger partial charge in [-0.3, -0.25) is 0 Å². The minimum atomic E-state index is -1.09. The molecular weight excluding hydrogens is 408 g/mol. The number of fused-ring (bicyclic) bond motifs is 1. The van der Waals surface area contributed by atoms with Crippen molar-refractivity contribution in [2.45, 2.75) is 25.6 Å². The van der Waals surface area contributed by atoms with E-state index in [-0.39, 0.29) is 18.4 Å². The topological polar surface area (TPSA) is 71.2 Å². The van der Waals surface area contributed by atoms with E-state index in [0.29, 0.717) is 30.4 Å². The van der Waals surface area contributed by atoms with Crippen LogP contribution in [-0.2, 0) is 0 Å². The summed E-state index contributed by atoms with van der Waals surface area (Å²) in [6.07, 6.45) is 1.29. The maximum Gasteiger partial charge on any atom is 0.243 e. The van der Waals surface area contributed by atoms with Gasteiger partial charge in [-0.25, -0.2) is 18.3 Å². The van der Waals surface area contributed by atoms with Crippen molar-refractivity contribution in [1.29, 1.82) is 0 Å². The fraction of sp³-hybridized carbons (Fsp3) is 0.300. The van der Waals surface area contributed by atoms with Gasteiger partial charge in [0.05, 0.1) is 12.6 Å². The van der Waals surface area contributed by atoms with Crippen molar-refractivity contribution < 1.29 is 8.78 Å². The Labute approximate surface area is 175 Å². The minimum absolute atomic E-state index is 0.250. The molecule has 3 aromatic heterocycles. The highest BCUT2D eigenvalue weighted by Gasteiger charge is 2.31. The van der Waals surface area contributed by atoms with E-state index in [1.807, 2.05) is 24.0 Å². The van der Waals surface area contributed by atoms with E-state index < -0.39 is 6.17 Å². The molecule has 4 aromatic rings. The second-order valence-corrected chi connectivity index (χ2v) is 7.99. The Hall–Kier alpha value is -3.14. The predicted octanol–water partition coefficient (Wildman–Crippen LogP) is 3.72. The van der Waals surface area contributed by atoms with Gasteiger partial charge in [0.25, 0.3) is 0 Å². The largest absolute Gasteiger partial charge is 0.347 e. The molecule has 30 heavy (non-hydrogen) atoms. The van der Waals surface area contributed by atoms with Gasteiger partial charge < -0.3 is 10.2 Å². The van der Waals surface area contributed by atoms with Gasteiger partial charge in [-0.1, -0.05) is 12.1 Å². The molecule has 5 rings (SSSR count). The highest BCUT2D eigenvalue weighted by atomic mass is 32.1. The second kappa shape index (κ2) is 7.60. The van der Waals surface area contributed by atoms with E-state index in [4.69, 9.17) is 0 Å². The lowest BCUT2D eigenvalue weighted by molar-refractivity contribution is 0.263. The number of hydrogen-bond donors (Lipinski definition) is 1. The number of nitrogens with one attached hydrogen (secondary N) is 1. The van der Waals surface area contributed by atoms with Gasteiger partial charge >= 0.3 is 0 Å². The van der Waals surface area contributed by atoms with Crippen LogP contribution in [0.1, 0.15) is 12.2 Å². The number of benzene rings is 1. The van der Waals surface area contributed by atoms with Crippen LogP contribution >= 0.6 is 11.5 Å². The minimum Gasteiger partial charge on any atom is -0.347 e. The first-order chi connectivity index (χ1) is 14.6. The summed E-state index contributed by atoms with van der Waals surface area (Å²) >= 11 is 1.29. The van der Waals surface area contributed by atoms with Crippen LogP contribution in [0.25, 0.3) is 16.8 Å². The number of nitrogens with zero attached hydrogens (tertiary/aromatic N) is 6. The van der Waals surface area contributed by atoms with Crippen LogP contribution in [0, 0.1) is 12.7 Å². The summed E-state index contributed by atoms with van der Waals surface area (Å²) in [6.45, 7) is 2.76. The molecule has 10 heteroatoms. The molecule has 7 nitrogen and oxygen atoms in total. The number of pyridine rings is 1. The lowest BCUT2D eigenvalue weighted by Gasteiger charge is -2.34. The quantitative estimate of drug-likeness (QED) is 0.535. The normalized spacial score (nSPS) is 19.4. The average Bonchev–Trinajstić information content (AvgIpc) is 3.36. The molecule has 1 aliphatic rings. The van der Waals surface area contributed by atoms with Crippen LogP contribution in [0.4, 0.5) is 19.9 Å². The molecular formula is C20H19F2N7S. The number of alkyl halides is 1. The molecule has 0 aliphatic carbocycles. The summed E-state index contributed by atoms with van der Waals surface area (Å²) in [5, 5.41) is 8.35. The van der Waals surface area contributed by atoms with Gasteiger partial charge in [0.2, 0.25) is 11.1 Å². The molecule has 1 aliphatic heterocycles. The molecule has 0 radical (unpaired) electrons. The zero-order valence-electron chi connectivity index (χ0n) is 16.2. The van der Waals surface area contributed by atoms with E-state index in [1.54, 1.807) is 22.8 Å². The highest BCUT2D eigenvalue weighted by molar-refractivity contribution is 7.09. The molecule has 1 saturated heterocycles. The van der Waals surface area contributed by atoms with E-state index in [0.717, 1.165) is 16.3 Å². The molecule has 2 atom stereocenters. The van der Waals surface area contributed by atoms with E-state index in [1.165, 1.54) is 23.7 Å². The van der Waals surface area contributed by atoms with Gasteiger partial charge in [0, 0.05) is 29.8 Å². The Balaban J connectivity index is 1.35. The van der Waals surface area contributed by atoms with Crippen molar-refractivity contribution in [3.63, 3.8) is 0 Å². The number of aromatic nitrogens is 5. The van der Waals surface area contributed by atoms with Gasteiger partial charge in [0.15, 0.2) is 5.65 Å². The van der Waals surface area contributed by atoms with Gasteiger partial charge in [-0.05, 0) is 43.2 Å². The van der Waals surface area contributed by atoms with Crippen LogP contribution in [0.3, 0.4) is 0 Å². The van der Waals surface area contributed by atoms with Crippen LogP contribution in [-0.4, -0.2) is 49.3 Å². The Morgan fingerprint density at radius 3 is 2.73 bits per heavy atom. The summed E-state index contributed by atoms with van der Waals surface area (Å²) in [5.41, 5.74) is 2.30. The molecule has 0 unspecified atom stereocenters. The maximum absolute atomic E-state index is 14.9.